The van der Waals surface area contributed by atoms with Crippen LogP contribution < -0.4 is 18.5 Å². The van der Waals surface area contributed by atoms with Gasteiger partial charge in [-0.1, -0.05) is 227 Å². The maximum absolute atomic E-state index is 12.2. The summed E-state index contributed by atoms with van der Waals surface area (Å²) in [4.78, 5) is 35.9. The highest BCUT2D eigenvalue weighted by molar-refractivity contribution is 7.42. The van der Waals surface area contributed by atoms with Crippen LogP contribution in [-0.2, 0) is 79.2 Å². The van der Waals surface area contributed by atoms with Gasteiger partial charge < -0.3 is 55.9 Å². The Morgan fingerprint density at radius 3 is 0.935 bits per heavy atom. The summed E-state index contributed by atoms with van der Waals surface area (Å²) in [5, 5.41) is 10.6. The van der Waals surface area contributed by atoms with Crippen LogP contribution in [0.4, 0.5) is 0 Å². The fourth-order valence-corrected chi connectivity index (χ4v) is 12.4. The first-order valence-electron chi connectivity index (χ1n) is 34.0. The van der Waals surface area contributed by atoms with Crippen LogP contribution >= 0.6 is 17.2 Å². The third kappa shape index (κ3) is 26.5. The van der Waals surface area contributed by atoms with Crippen LogP contribution in [0.1, 0.15) is 281 Å². The van der Waals surface area contributed by atoms with Gasteiger partial charge in [0.1, 0.15) is 23.0 Å². The lowest BCUT2D eigenvalue weighted by Crippen LogP contribution is -2.45. The first-order chi connectivity index (χ1) is 42.6. The zero-order valence-electron chi connectivity index (χ0n) is 61.9. The summed E-state index contributed by atoms with van der Waals surface area (Å²) in [6.45, 7) is 58.4. The van der Waals surface area contributed by atoms with E-state index in [0.717, 1.165) is 81.2 Å². The number of rotatable bonds is 26. The number of carbonyl (C=O) groups is 3. The molecule has 0 radical (unpaired) electrons. The largest absolute Gasteiger partial charge is 0.493 e. The molecule has 0 aliphatic carbocycles. The van der Waals surface area contributed by atoms with Crippen LogP contribution in [0.25, 0.3) is 0 Å². The van der Waals surface area contributed by atoms with Crippen LogP contribution in [0.3, 0.4) is 0 Å². The Morgan fingerprint density at radius 1 is 0.413 bits per heavy atom. The van der Waals surface area contributed by atoms with E-state index < -0.39 is 59.0 Å². The van der Waals surface area contributed by atoms with Gasteiger partial charge in [-0.25, -0.2) is 4.79 Å². The summed E-state index contributed by atoms with van der Waals surface area (Å²) in [5.41, 5.74) is 6.62. The van der Waals surface area contributed by atoms with Crippen molar-refractivity contribution in [3.8, 4) is 23.0 Å². The van der Waals surface area contributed by atoms with E-state index in [1.54, 1.807) is 0 Å². The molecule has 0 aromatic heterocycles. The number of carbonyl (C=O) groups excluding carboxylic acids is 3. The van der Waals surface area contributed by atoms with Gasteiger partial charge in [0.15, 0.2) is 5.60 Å². The summed E-state index contributed by atoms with van der Waals surface area (Å²) >= 11 is 0. The summed E-state index contributed by atoms with van der Waals surface area (Å²) < 4.78 is 65.5. The minimum Gasteiger partial charge on any atom is -0.493 e. The van der Waals surface area contributed by atoms with E-state index in [1.165, 1.54) is 44.5 Å². The van der Waals surface area contributed by atoms with Crippen molar-refractivity contribution in [2.75, 3.05) is 59.5 Å². The lowest BCUT2D eigenvalue weighted by molar-refractivity contribution is -0.178. The average molecular weight is 1330 g/mol. The third-order valence-electron chi connectivity index (χ3n) is 15.6. The Balaban J connectivity index is 0.000000388. The number of aryl methyl sites for hydroxylation is 2. The molecular formula is C75H124O15P2. The topological polar surface area (TPSA) is 173 Å². The quantitative estimate of drug-likeness (QED) is 0.0348. The summed E-state index contributed by atoms with van der Waals surface area (Å²) in [5.74, 6) is 1.30. The Hall–Kier alpha value is -4.07. The van der Waals surface area contributed by atoms with Crippen molar-refractivity contribution in [3.05, 3.63) is 80.9 Å². The van der Waals surface area contributed by atoms with Crippen molar-refractivity contribution < 1.29 is 70.3 Å². The van der Waals surface area contributed by atoms with Gasteiger partial charge in [-0.15, -0.1) is 0 Å². The van der Waals surface area contributed by atoms with Crippen LogP contribution in [0, 0.1) is 19.3 Å². The van der Waals surface area contributed by atoms with Crippen molar-refractivity contribution in [1.82, 2.24) is 0 Å². The van der Waals surface area contributed by atoms with E-state index >= 15 is 0 Å². The number of hydrogen-bond acceptors (Lipinski definition) is 15. The van der Waals surface area contributed by atoms with Crippen LogP contribution in [0.5, 0.6) is 23.0 Å². The molecule has 2 saturated heterocycles. The second-order valence-corrected chi connectivity index (χ2v) is 33.7. The third-order valence-corrected chi connectivity index (χ3v) is 17.7. The normalized spacial score (nSPS) is 17.4. The minimum atomic E-state index is -2.26. The van der Waals surface area contributed by atoms with E-state index in [9.17, 15) is 19.5 Å². The zero-order valence-corrected chi connectivity index (χ0v) is 63.7. The molecule has 2 fully saturated rings. The number of hydrogen-bond donors (Lipinski definition) is 1. The van der Waals surface area contributed by atoms with Crippen molar-refractivity contribution in [2.45, 2.75) is 288 Å². The maximum Gasteiger partial charge on any atom is 0.397 e. The molecule has 0 atom stereocenters. The molecule has 0 unspecified atom stereocenters. The monoisotopic (exact) mass is 1330 g/mol. The highest BCUT2D eigenvalue weighted by Gasteiger charge is 2.47. The van der Waals surface area contributed by atoms with Crippen molar-refractivity contribution in [3.63, 3.8) is 0 Å². The van der Waals surface area contributed by atoms with Crippen molar-refractivity contribution in [1.29, 1.82) is 0 Å². The number of benzene rings is 3. The van der Waals surface area contributed by atoms with Crippen LogP contribution in [0.15, 0.2) is 36.4 Å². The number of aliphatic hydroxyl groups is 1. The molecule has 0 bridgehead atoms. The average Bonchev–Trinajstić information content (AvgIpc) is 0.797. The molecule has 5 rings (SSSR count). The molecule has 2 heterocycles. The van der Waals surface area contributed by atoms with Gasteiger partial charge in [0, 0.05) is 33.4 Å². The first kappa shape index (κ1) is 82.2. The number of unbranched alkanes of at least 4 members (excludes halogenated alkanes) is 5. The Bertz CT molecular complexity index is 2500. The summed E-state index contributed by atoms with van der Waals surface area (Å²) in [6.07, 6.45) is 7.70. The second kappa shape index (κ2) is 36.3. The molecule has 524 valence electrons. The molecule has 3 aromatic rings. The summed E-state index contributed by atoms with van der Waals surface area (Å²) in [7, 11) is -3.12. The Kier molecular flexibility index (Phi) is 32.4. The van der Waals surface area contributed by atoms with Crippen molar-refractivity contribution in [2.24, 2.45) is 5.41 Å². The van der Waals surface area contributed by atoms with Gasteiger partial charge in [-0.05, 0) is 90.6 Å². The van der Waals surface area contributed by atoms with E-state index in [-0.39, 0.29) is 52.3 Å². The van der Waals surface area contributed by atoms with E-state index in [4.69, 9.17) is 50.8 Å². The van der Waals surface area contributed by atoms with Crippen LogP contribution in [-0.4, -0.2) is 88.1 Å². The lowest BCUT2D eigenvalue weighted by Gasteiger charge is -2.42. The predicted octanol–water partition coefficient (Wildman–Crippen LogP) is 19.7. The fraction of sp³-hybridized carbons (Fsp3) is 0.720. The Morgan fingerprint density at radius 2 is 0.674 bits per heavy atom. The van der Waals surface area contributed by atoms with Gasteiger partial charge in [-0.2, -0.15) is 0 Å². The van der Waals surface area contributed by atoms with E-state index in [2.05, 4.69) is 189 Å². The molecule has 92 heavy (non-hydrogen) atoms. The summed E-state index contributed by atoms with van der Waals surface area (Å²) in [6, 6.07) is 13.3. The highest BCUT2D eigenvalue weighted by Crippen LogP contribution is 2.57. The Labute approximate surface area is 559 Å². The van der Waals surface area contributed by atoms with Gasteiger partial charge in [0.2, 0.25) is 0 Å². The molecule has 0 amide bonds. The number of esters is 3. The van der Waals surface area contributed by atoms with Crippen molar-refractivity contribution >= 4 is 35.1 Å². The molecule has 1 spiro atoms. The molecular weight excluding hydrogens is 1200 g/mol. The van der Waals surface area contributed by atoms with Gasteiger partial charge in [-0.3, -0.25) is 9.59 Å². The molecule has 3 aromatic carbocycles. The molecule has 2 aliphatic rings. The maximum atomic E-state index is 12.2. The predicted molar refractivity (Wildman–Crippen MR) is 375 cm³/mol. The molecule has 0 saturated carbocycles. The lowest BCUT2D eigenvalue weighted by atomic mass is 9.78. The highest BCUT2D eigenvalue weighted by atomic mass is 31.2. The standard InChI is InChI=1S/C35H54O6P2.C22H38O2.C18H32O7/c1-23-15-25(31(3,4)5)29(26(16-23)32(6,7)8)40-42-36-19-35(20-37-42)21-38-43(39-22-35)41-30-27(33(9,10)11)17-24(2)18-28(30)34(12,13)14;1-9-11-13-23-19-15-18(22(6,7)8)20(24-14-12-10-2)16-17(19)21(3,4)5;1-4-7-10-23-15(19)13-18(22,17(21)25-12-9-6-3)14-16(20)24-11-8-5-2/h15-18H,19-22H2,1-14H3;15-16H,9-14H2,1-8H3;22H,4-14H2,1-3H3. The second-order valence-electron chi connectivity index (χ2n) is 31.4. The van der Waals surface area contributed by atoms with E-state index in [1.807, 2.05) is 20.8 Å². The van der Waals surface area contributed by atoms with Gasteiger partial charge in [0.25, 0.3) is 0 Å². The zero-order chi connectivity index (χ0) is 69.7. The van der Waals surface area contributed by atoms with Crippen LogP contribution in [0.2, 0.25) is 0 Å². The first-order valence-corrected chi connectivity index (χ1v) is 36.2. The van der Waals surface area contributed by atoms with E-state index in [0.29, 0.717) is 45.7 Å². The minimum absolute atomic E-state index is 0.0286. The molecule has 17 heteroatoms. The smallest absolute Gasteiger partial charge is 0.397 e. The molecule has 1 N–H and O–H groups in total. The van der Waals surface area contributed by atoms with Gasteiger partial charge >= 0.3 is 35.1 Å². The SMILES string of the molecule is CCCCOC(=O)CC(O)(CC(=O)OCCCC)C(=O)OCCCC.CCCCOc1cc(C(C)(C)C)c(OCCCC)cc1C(C)(C)C.Cc1cc(C(C)(C)C)c(OP2OCC3(CO2)COP(Oc2c(C(C)(C)C)cc(C)cc2C(C)(C)C)OC3)c(C(C)(C)C)c1. The fourth-order valence-electron chi connectivity index (χ4n) is 9.82. The number of ether oxygens (including phenoxy) is 5. The van der Waals surface area contributed by atoms with Gasteiger partial charge in [0.05, 0.1) is 77.7 Å². The molecule has 15 nitrogen and oxygen atoms in total. The molecule has 2 aliphatic heterocycles.